The van der Waals surface area contributed by atoms with Gasteiger partial charge in [-0.2, -0.15) is 0 Å². The SMILES string of the molecule is C1CCCCC1.COC.COCC1(NCc2ccc3c(c2)CN(C2CCC(=O)NC2=O)C3=O)CCCCC1.NCc1ccc2c(c1)CN(C1CCC(=O)NC1=O)C2=O. The van der Waals surface area contributed by atoms with Crippen LogP contribution in [0.2, 0.25) is 0 Å². The van der Waals surface area contributed by atoms with Crippen LogP contribution in [0, 0.1) is 0 Å². The van der Waals surface area contributed by atoms with E-state index in [1.165, 1.54) is 62.7 Å². The summed E-state index contributed by atoms with van der Waals surface area (Å²) in [6.45, 7) is 2.66. The number of fused-ring (bicyclic) bond motifs is 2. The van der Waals surface area contributed by atoms with Crippen molar-refractivity contribution < 1.29 is 38.2 Å². The summed E-state index contributed by atoms with van der Waals surface area (Å²) < 4.78 is 9.73. The predicted octanol–water partition coefficient (Wildman–Crippen LogP) is 4.40. The molecule has 2 aromatic carbocycles. The molecule has 4 fully saturated rings. The third-order valence-electron chi connectivity index (χ3n) is 11.8. The number of nitrogens with zero attached hydrogens (tertiary/aromatic N) is 2. The summed E-state index contributed by atoms with van der Waals surface area (Å²) in [6, 6.07) is 10.3. The Bertz CT molecular complexity index is 1770. The lowest BCUT2D eigenvalue weighted by Gasteiger charge is -2.38. The molecule has 2 aliphatic carbocycles. The molecule has 6 amide bonds. The van der Waals surface area contributed by atoms with Crippen molar-refractivity contribution >= 4 is 35.4 Å². The van der Waals surface area contributed by atoms with Crippen molar-refractivity contribution in [3.05, 3.63) is 69.8 Å². The Kier molecular flexibility index (Phi) is 16.5. The number of hydrogen-bond donors (Lipinski definition) is 4. The van der Waals surface area contributed by atoms with E-state index in [0.29, 0.717) is 50.2 Å². The number of imide groups is 2. The number of nitrogens with two attached hydrogens (primary N) is 1. The predicted molar refractivity (Wildman–Crippen MR) is 218 cm³/mol. The highest BCUT2D eigenvalue weighted by molar-refractivity contribution is 6.06. The van der Waals surface area contributed by atoms with Crippen LogP contribution in [0.1, 0.15) is 139 Å². The Balaban J connectivity index is 0.000000190. The van der Waals surface area contributed by atoms with Crippen molar-refractivity contribution in [3.63, 3.8) is 0 Å². The smallest absolute Gasteiger partial charge is 0.255 e. The fraction of sp³-hybridized carbons (Fsp3) is 0.591. The van der Waals surface area contributed by atoms with Crippen molar-refractivity contribution in [2.45, 2.75) is 140 Å². The molecule has 4 heterocycles. The summed E-state index contributed by atoms with van der Waals surface area (Å²) in [7, 11) is 5.00. The standard InChI is InChI=1S/C22H29N3O4.C14H15N3O3.C6H12.C2H6O/c1-29-14-22(9-3-2-4-10-22)23-12-15-5-6-17-16(11-15)13-25(21(17)28)18-7-8-19(26)24-20(18)27;15-6-8-1-2-10-9(5-8)7-17(14(10)20)11-3-4-12(18)16-13(11)19;1-2-4-6-5-3-1;1-3-2/h5-6,11,18,23H,2-4,7-10,12-14H2,1H3,(H,24,26,27);1-2,5,11H,3-4,6-7,15H2,(H,16,18,19);1-6H2;1-2H3. The molecule has 2 atom stereocenters. The lowest BCUT2D eigenvalue weighted by Crippen LogP contribution is -2.52. The lowest BCUT2D eigenvalue weighted by molar-refractivity contribution is -0.138. The van der Waals surface area contributed by atoms with Crippen molar-refractivity contribution in [3.8, 4) is 0 Å². The van der Waals surface area contributed by atoms with Crippen LogP contribution in [-0.4, -0.2) is 90.8 Å². The van der Waals surface area contributed by atoms with Crippen molar-refractivity contribution in [1.29, 1.82) is 0 Å². The van der Waals surface area contributed by atoms with Crippen LogP contribution in [-0.2, 0) is 54.8 Å². The Morgan fingerprint density at radius 1 is 0.672 bits per heavy atom. The minimum absolute atomic E-state index is 0.0284. The largest absolute Gasteiger partial charge is 0.388 e. The molecule has 0 radical (unpaired) electrons. The molecule has 0 bridgehead atoms. The number of methoxy groups -OCH3 is 2. The first-order chi connectivity index (χ1) is 28.0. The average Bonchev–Trinajstić information content (AvgIpc) is 3.73. The number of benzene rings is 2. The van der Waals surface area contributed by atoms with E-state index in [4.69, 9.17) is 10.5 Å². The van der Waals surface area contributed by atoms with Gasteiger partial charge in [-0.15, -0.1) is 0 Å². The first-order valence-corrected chi connectivity index (χ1v) is 20.9. The molecule has 2 saturated carbocycles. The molecular formula is C44H62N6O8. The topological polar surface area (TPSA) is 189 Å². The Labute approximate surface area is 342 Å². The number of hydrogen-bond acceptors (Lipinski definition) is 10. The van der Waals surface area contributed by atoms with E-state index >= 15 is 0 Å². The highest BCUT2D eigenvalue weighted by atomic mass is 16.5. The minimum atomic E-state index is -0.568. The first-order valence-electron chi connectivity index (χ1n) is 20.9. The highest BCUT2D eigenvalue weighted by Crippen LogP contribution is 2.32. The van der Waals surface area contributed by atoms with Crippen LogP contribution < -0.4 is 21.7 Å². The van der Waals surface area contributed by atoms with Gasteiger partial charge in [0.15, 0.2) is 0 Å². The molecule has 4 aliphatic heterocycles. The summed E-state index contributed by atoms with van der Waals surface area (Å²) in [5.41, 5.74) is 10.8. The summed E-state index contributed by atoms with van der Waals surface area (Å²) in [6.07, 6.45) is 16.3. The molecule has 14 heteroatoms. The van der Waals surface area contributed by atoms with Crippen LogP contribution in [0.15, 0.2) is 36.4 Å². The van der Waals surface area contributed by atoms with Crippen LogP contribution in [0.4, 0.5) is 0 Å². The Morgan fingerprint density at radius 2 is 1.10 bits per heavy atom. The second kappa shape index (κ2) is 21.5. The number of ether oxygens (including phenoxy) is 2. The maximum Gasteiger partial charge on any atom is 0.255 e. The molecule has 8 rings (SSSR count). The van der Waals surface area contributed by atoms with Gasteiger partial charge in [-0.1, -0.05) is 82.1 Å². The highest BCUT2D eigenvalue weighted by Gasteiger charge is 2.40. The molecule has 2 saturated heterocycles. The quantitative estimate of drug-likeness (QED) is 0.279. The number of carbonyl (C=O) groups excluding carboxylic acids is 6. The van der Waals surface area contributed by atoms with Crippen LogP contribution >= 0.6 is 0 Å². The maximum atomic E-state index is 12.8. The van der Waals surface area contributed by atoms with Crippen LogP contribution in [0.5, 0.6) is 0 Å². The fourth-order valence-electron chi connectivity index (χ4n) is 8.72. The zero-order valence-electron chi connectivity index (χ0n) is 34.5. The van der Waals surface area contributed by atoms with Gasteiger partial charge < -0.3 is 30.3 Å². The molecule has 2 aromatic rings. The molecular weight excluding hydrogens is 741 g/mol. The Morgan fingerprint density at radius 3 is 1.53 bits per heavy atom. The van der Waals surface area contributed by atoms with Crippen molar-refractivity contribution in [2.75, 3.05) is 27.9 Å². The number of nitrogens with one attached hydrogen (secondary N) is 3. The normalized spacial score (nSPS) is 22.3. The average molecular weight is 803 g/mol. The number of rotatable bonds is 8. The maximum absolute atomic E-state index is 12.8. The van der Waals surface area contributed by atoms with E-state index in [-0.39, 0.29) is 53.8 Å². The zero-order valence-corrected chi connectivity index (χ0v) is 34.5. The molecule has 14 nitrogen and oxygen atoms in total. The van der Waals surface area contributed by atoms with E-state index < -0.39 is 12.1 Å². The second-order valence-corrected chi connectivity index (χ2v) is 16.1. The molecule has 0 spiro atoms. The molecule has 5 N–H and O–H groups in total. The van der Waals surface area contributed by atoms with E-state index in [1.807, 2.05) is 24.3 Å². The van der Waals surface area contributed by atoms with Gasteiger partial charge in [0.25, 0.3) is 11.8 Å². The second-order valence-electron chi connectivity index (χ2n) is 16.1. The third-order valence-corrected chi connectivity index (χ3v) is 11.8. The molecule has 0 aromatic heterocycles. The van der Waals surface area contributed by atoms with Gasteiger partial charge >= 0.3 is 0 Å². The minimum Gasteiger partial charge on any atom is -0.388 e. The van der Waals surface area contributed by atoms with E-state index in [9.17, 15) is 28.8 Å². The van der Waals surface area contributed by atoms with Crippen molar-refractivity contribution in [2.24, 2.45) is 5.73 Å². The summed E-state index contributed by atoms with van der Waals surface area (Å²) in [5.74, 6) is -1.59. The number of carbonyl (C=O) groups is 6. The van der Waals surface area contributed by atoms with Gasteiger partial charge in [0.1, 0.15) is 12.1 Å². The van der Waals surface area contributed by atoms with Gasteiger partial charge in [-0.25, -0.2) is 0 Å². The van der Waals surface area contributed by atoms with Crippen LogP contribution in [0.3, 0.4) is 0 Å². The first kappa shape index (κ1) is 44.6. The van der Waals surface area contributed by atoms with Gasteiger partial charge in [-0.3, -0.25) is 39.4 Å². The van der Waals surface area contributed by atoms with Crippen molar-refractivity contribution in [1.82, 2.24) is 25.8 Å². The van der Waals surface area contributed by atoms with Gasteiger partial charge in [-0.05, 0) is 60.1 Å². The zero-order chi connectivity index (χ0) is 41.7. The molecule has 316 valence electrons. The molecule has 58 heavy (non-hydrogen) atoms. The summed E-state index contributed by atoms with van der Waals surface area (Å²) >= 11 is 0. The molecule has 6 aliphatic rings. The Hall–Kier alpha value is -4.50. The van der Waals surface area contributed by atoms with Gasteiger partial charge in [0.05, 0.1) is 6.61 Å². The number of amides is 6. The lowest BCUT2D eigenvalue weighted by atomic mass is 9.82. The number of piperidine rings is 2. The van der Waals surface area contributed by atoms with Crippen LogP contribution in [0.25, 0.3) is 0 Å². The third kappa shape index (κ3) is 11.4. The molecule has 2 unspecified atom stereocenters. The van der Waals surface area contributed by atoms with E-state index in [0.717, 1.165) is 41.6 Å². The van der Waals surface area contributed by atoms with E-state index in [2.05, 4.69) is 26.8 Å². The summed E-state index contributed by atoms with van der Waals surface area (Å²) in [5, 5.41) is 8.34. The van der Waals surface area contributed by atoms with E-state index in [1.54, 1.807) is 32.3 Å². The summed E-state index contributed by atoms with van der Waals surface area (Å²) in [4.78, 5) is 74.9. The van der Waals surface area contributed by atoms with Gasteiger partial charge in [0, 0.05) is 77.0 Å². The monoisotopic (exact) mass is 802 g/mol. The van der Waals surface area contributed by atoms with Gasteiger partial charge in [0.2, 0.25) is 23.6 Å². The fourth-order valence-corrected chi connectivity index (χ4v) is 8.72.